The second kappa shape index (κ2) is 13.3. The SMILES string of the molecule is C.N#Cc1ccnc(N2C(=O)CN(C3CC3)C[C@H]2C(=O)N(c2cc(F)cc(F)c2)[C@H](C(=O)NC2CC(F)(F)C2)c2ccccc2Cl)c1. The highest BCUT2D eigenvalue weighted by atomic mass is 35.5. The van der Waals surface area contributed by atoms with E-state index in [0.29, 0.717) is 6.07 Å². The highest BCUT2D eigenvalue weighted by Gasteiger charge is 2.49. The zero-order chi connectivity index (χ0) is 32.7. The van der Waals surface area contributed by atoms with Crippen molar-refractivity contribution < 1.29 is 31.9 Å². The number of carbonyl (C=O) groups excluding carboxylic acids is 3. The third-order valence-corrected chi connectivity index (χ3v) is 8.65. The Labute approximate surface area is 273 Å². The van der Waals surface area contributed by atoms with Crippen LogP contribution in [0, 0.1) is 23.0 Å². The number of hydrogen-bond donors (Lipinski definition) is 1. The van der Waals surface area contributed by atoms with Crippen molar-refractivity contribution in [1.29, 1.82) is 5.26 Å². The molecule has 3 aromatic rings. The van der Waals surface area contributed by atoms with Crippen LogP contribution in [0.25, 0.3) is 0 Å². The number of benzene rings is 2. The molecule has 1 aromatic heterocycles. The molecule has 0 radical (unpaired) electrons. The summed E-state index contributed by atoms with van der Waals surface area (Å²) in [6.07, 6.45) is 1.65. The number of pyridine rings is 1. The number of anilines is 2. The first-order chi connectivity index (χ1) is 21.9. The van der Waals surface area contributed by atoms with Crippen molar-refractivity contribution in [3.63, 3.8) is 0 Å². The molecule has 0 bridgehead atoms. The topological polar surface area (TPSA) is 110 Å². The maximum absolute atomic E-state index is 14.9. The lowest BCUT2D eigenvalue weighted by molar-refractivity contribution is -0.133. The summed E-state index contributed by atoms with van der Waals surface area (Å²) in [5.74, 6) is -7.41. The standard InChI is InChI=1S/C32H27ClF4N6O3.CH4/c33-25-4-2-1-3-24(25)29(30(45)40-21-13-32(36,37)14-21)42(23-11-19(34)10-20(35)12-23)31(46)26-16-41(22-5-6-22)17-28(44)43(26)27-9-18(15-38)7-8-39-27;/h1-4,7-12,21-22,26,29H,5-6,13-14,16-17H2,(H,40,45);1H4/t26-,29-;/m0./s1. The van der Waals surface area contributed by atoms with Gasteiger partial charge in [0, 0.05) is 54.3 Å². The molecule has 0 spiro atoms. The molecule has 246 valence electrons. The highest BCUT2D eigenvalue weighted by Crippen LogP contribution is 2.40. The number of alkyl halides is 2. The van der Waals surface area contributed by atoms with Crippen LogP contribution in [-0.2, 0) is 14.4 Å². The predicted octanol–water partition coefficient (Wildman–Crippen LogP) is 5.39. The van der Waals surface area contributed by atoms with E-state index >= 15 is 0 Å². The van der Waals surface area contributed by atoms with Gasteiger partial charge in [-0.05, 0) is 43.2 Å². The molecule has 2 saturated carbocycles. The summed E-state index contributed by atoms with van der Waals surface area (Å²) in [5.41, 5.74) is -0.136. The van der Waals surface area contributed by atoms with E-state index in [-0.39, 0.29) is 54.2 Å². The summed E-state index contributed by atoms with van der Waals surface area (Å²) in [5, 5.41) is 12.1. The van der Waals surface area contributed by atoms with Crippen LogP contribution < -0.4 is 15.1 Å². The molecule has 1 aliphatic heterocycles. The zero-order valence-corrected chi connectivity index (χ0v) is 24.9. The van der Waals surface area contributed by atoms with Gasteiger partial charge in [-0.2, -0.15) is 5.26 Å². The van der Waals surface area contributed by atoms with Crippen molar-refractivity contribution in [3.8, 4) is 6.07 Å². The minimum atomic E-state index is -2.97. The lowest BCUT2D eigenvalue weighted by Crippen LogP contribution is -2.64. The van der Waals surface area contributed by atoms with E-state index in [9.17, 15) is 37.2 Å². The largest absolute Gasteiger partial charge is 0.351 e. The van der Waals surface area contributed by atoms with E-state index in [1.54, 1.807) is 6.07 Å². The van der Waals surface area contributed by atoms with Gasteiger partial charge in [0.1, 0.15) is 29.5 Å². The Morgan fingerprint density at radius 3 is 2.38 bits per heavy atom. The fourth-order valence-electron chi connectivity index (χ4n) is 5.99. The Bertz CT molecular complexity index is 1720. The number of aromatic nitrogens is 1. The third-order valence-electron chi connectivity index (χ3n) is 8.30. The van der Waals surface area contributed by atoms with Crippen molar-refractivity contribution in [2.75, 3.05) is 22.9 Å². The Kier molecular flexibility index (Phi) is 9.56. The fraction of sp³-hybridized carbons (Fsp3) is 0.364. The second-order valence-electron chi connectivity index (χ2n) is 11.7. The summed E-state index contributed by atoms with van der Waals surface area (Å²) in [4.78, 5) is 50.7. The van der Waals surface area contributed by atoms with Crippen LogP contribution in [0.2, 0.25) is 5.02 Å². The van der Waals surface area contributed by atoms with Crippen LogP contribution >= 0.6 is 11.6 Å². The molecule has 1 saturated heterocycles. The molecule has 2 heterocycles. The van der Waals surface area contributed by atoms with Gasteiger partial charge in [0.2, 0.25) is 11.8 Å². The monoisotopic (exact) mass is 670 g/mol. The van der Waals surface area contributed by atoms with Crippen molar-refractivity contribution in [1.82, 2.24) is 15.2 Å². The summed E-state index contributed by atoms with van der Waals surface area (Å²) < 4.78 is 57.0. The number of rotatable bonds is 8. The molecule has 6 rings (SSSR count). The minimum absolute atomic E-state index is 0. The van der Waals surface area contributed by atoms with Crippen LogP contribution in [-0.4, -0.2) is 64.7 Å². The smallest absolute Gasteiger partial charge is 0.252 e. The first kappa shape index (κ1) is 33.8. The summed E-state index contributed by atoms with van der Waals surface area (Å²) in [6.45, 7) is -0.0699. The van der Waals surface area contributed by atoms with Crippen LogP contribution in [0.3, 0.4) is 0 Å². The Morgan fingerprint density at radius 2 is 1.77 bits per heavy atom. The van der Waals surface area contributed by atoms with Crippen molar-refractivity contribution >= 4 is 40.8 Å². The van der Waals surface area contributed by atoms with Crippen molar-refractivity contribution in [2.45, 2.75) is 63.2 Å². The normalized spacial score (nSPS) is 20.0. The van der Waals surface area contributed by atoms with Crippen molar-refractivity contribution in [3.05, 3.63) is 88.6 Å². The van der Waals surface area contributed by atoms with Gasteiger partial charge in [-0.3, -0.25) is 29.1 Å². The lowest BCUT2D eigenvalue weighted by atomic mass is 9.87. The van der Waals surface area contributed by atoms with Gasteiger partial charge in [0.15, 0.2) is 0 Å². The van der Waals surface area contributed by atoms with Gasteiger partial charge >= 0.3 is 0 Å². The first-order valence-corrected chi connectivity index (χ1v) is 15.0. The summed E-state index contributed by atoms with van der Waals surface area (Å²) in [6, 6.07) is 9.09. The van der Waals surface area contributed by atoms with E-state index < -0.39 is 66.2 Å². The van der Waals surface area contributed by atoms with E-state index in [0.717, 1.165) is 34.8 Å². The Balaban J connectivity index is 0.00000433. The third kappa shape index (κ3) is 7.08. The average molecular weight is 671 g/mol. The quantitative estimate of drug-likeness (QED) is 0.322. The van der Waals surface area contributed by atoms with E-state index in [1.807, 2.05) is 11.0 Å². The molecular formula is C33H31ClF4N6O3. The molecule has 1 N–H and O–H groups in total. The highest BCUT2D eigenvalue weighted by molar-refractivity contribution is 6.31. The number of nitrogens with one attached hydrogen (secondary N) is 1. The van der Waals surface area contributed by atoms with E-state index in [2.05, 4.69) is 10.3 Å². The van der Waals surface area contributed by atoms with E-state index in [1.165, 1.54) is 36.5 Å². The first-order valence-electron chi connectivity index (χ1n) is 14.6. The van der Waals surface area contributed by atoms with Gasteiger partial charge in [-0.25, -0.2) is 22.5 Å². The Hall–Kier alpha value is -4.54. The molecule has 2 aromatic carbocycles. The van der Waals surface area contributed by atoms with Gasteiger partial charge in [0.05, 0.1) is 23.9 Å². The molecule has 3 aliphatic rings. The zero-order valence-electron chi connectivity index (χ0n) is 24.2. The van der Waals surface area contributed by atoms with Gasteiger partial charge in [0.25, 0.3) is 11.8 Å². The lowest BCUT2D eigenvalue weighted by Gasteiger charge is -2.43. The molecule has 3 amide bonds. The van der Waals surface area contributed by atoms with Gasteiger partial charge in [-0.15, -0.1) is 0 Å². The Morgan fingerprint density at radius 1 is 1.09 bits per heavy atom. The molecule has 9 nitrogen and oxygen atoms in total. The molecule has 0 unspecified atom stereocenters. The molecule has 2 aliphatic carbocycles. The number of halogens is 5. The summed E-state index contributed by atoms with van der Waals surface area (Å²) in [7, 11) is 0. The average Bonchev–Trinajstić information content (AvgIpc) is 3.84. The molecule has 14 heteroatoms. The van der Waals surface area contributed by atoms with Gasteiger partial charge < -0.3 is 5.32 Å². The van der Waals surface area contributed by atoms with Crippen LogP contribution in [0.15, 0.2) is 60.8 Å². The molecular weight excluding hydrogens is 640 g/mol. The predicted molar refractivity (Wildman–Crippen MR) is 166 cm³/mol. The number of hydrogen-bond acceptors (Lipinski definition) is 6. The van der Waals surface area contributed by atoms with Crippen molar-refractivity contribution in [2.24, 2.45) is 0 Å². The minimum Gasteiger partial charge on any atom is -0.351 e. The number of amides is 3. The number of carbonyl (C=O) groups is 3. The van der Waals surface area contributed by atoms with Crippen LogP contribution in [0.4, 0.5) is 29.1 Å². The van der Waals surface area contributed by atoms with E-state index in [4.69, 9.17) is 11.6 Å². The number of nitrogens with zero attached hydrogens (tertiary/aromatic N) is 5. The molecule has 3 fully saturated rings. The van der Waals surface area contributed by atoms with Crippen LogP contribution in [0.5, 0.6) is 0 Å². The van der Waals surface area contributed by atoms with Crippen LogP contribution in [0.1, 0.15) is 50.3 Å². The second-order valence-corrected chi connectivity index (χ2v) is 12.1. The molecule has 2 atom stereocenters. The number of piperazine rings is 1. The summed E-state index contributed by atoms with van der Waals surface area (Å²) >= 11 is 6.53. The molecule has 47 heavy (non-hydrogen) atoms. The maximum Gasteiger partial charge on any atom is 0.252 e. The van der Waals surface area contributed by atoms with Gasteiger partial charge in [-0.1, -0.05) is 37.2 Å². The number of nitriles is 1. The maximum atomic E-state index is 14.9. The fourth-order valence-corrected chi connectivity index (χ4v) is 6.22.